The van der Waals surface area contributed by atoms with Gasteiger partial charge in [-0.15, -0.1) is 0 Å². The number of nitrogens with one attached hydrogen (secondary N) is 2. The quantitative estimate of drug-likeness (QED) is 0.873. The summed E-state index contributed by atoms with van der Waals surface area (Å²) in [5.41, 5.74) is 0.326. The van der Waals surface area contributed by atoms with Gasteiger partial charge in [0.1, 0.15) is 10.7 Å². The fraction of sp³-hybridized carbons (Fsp3) is 0.643. The fourth-order valence-electron chi connectivity index (χ4n) is 2.91. The first-order valence-corrected chi connectivity index (χ1v) is 8.25. The van der Waals surface area contributed by atoms with Crippen molar-refractivity contribution in [3.8, 4) is 0 Å². The fourth-order valence-corrected chi connectivity index (χ4v) is 4.12. The summed E-state index contributed by atoms with van der Waals surface area (Å²) in [5, 5.41) is 2.81. The van der Waals surface area contributed by atoms with Gasteiger partial charge in [-0.25, -0.2) is 18.1 Å². The Morgan fingerprint density at radius 1 is 1.25 bits per heavy atom. The summed E-state index contributed by atoms with van der Waals surface area (Å²) >= 11 is 0. The lowest BCUT2D eigenvalue weighted by molar-refractivity contribution is 0.457. The van der Waals surface area contributed by atoms with Crippen molar-refractivity contribution < 1.29 is 8.42 Å². The highest BCUT2D eigenvalue weighted by molar-refractivity contribution is 7.89. The lowest BCUT2D eigenvalue weighted by atomic mass is 10.0. The summed E-state index contributed by atoms with van der Waals surface area (Å²) in [5.74, 6) is 0.716. The largest absolute Gasteiger partial charge is 0.372 e. The molecule has 1 aromatic rings. The van der Waals surface area contributed by atoms with Crippen LogP contribution in [0.15, 0.2) is 23.2 Å². The number of hydrogen-bond donors (Lipinski definition) is 2. The predicted molar refractivity (Wildman–Crippen MR) is 80.0 cm³/mol. The summed E-state index contributed by atoms with van der Waals surface area (Å²) in [6, 6.07) is 3.19. The number of sulfonamides is 1. The van der Waals surface area contributed by atoms with Crippen molar-refractivity contribution in [2.24, 2.45) is 16.7 Å². The SMILES string of the molecule is CNc1ncccc1S(=O)(=O)NCC1C(C)(C)C1(C)C. The molecule has 0 amide bonds. The van der Waals surface area contributed by atoms with Crippen molar-refractivity contribution in [2.45, 2.75) is 32.6 Å². The highest BCUT2D eigenvalue weighted by Crippen LogP contribution is 2.67. The Bertz CT molecular complexity index is 595. The van der Waals surface area contributed by atoms with E-state index in [2.05, 4.69) is 42.7 Å². The molecule has 2 N–H and O–H groups in total. The van der Waals surface area contributed by atoms with E-state index in [1.807, 2.05) is 0 Å². The minimum Gasteiger partial charge on any atom is -0.372 e. The van der Waals surface area contributed by atoms with Gasteiger partial charge in [0.15, 0.2) is 0 Å². The molecule has 0 spiro atoms. The zero-order valence-electron chi connectivity index (χ0n) is 12.7. The molecule has 0 atom stereocenters. The maximum absolute atomic E-state index is 12.4. The van der Waals surface area contributed by atoms with Crippen LogP contribution in [0.5, 0.6) is 0 Å². The number of pyridine rings is 1. The van der Waals surface area contributed by atoms with E-state index in [0.717, 1.165) is 0 Å². The van der Waals surface area contributed by atoms with Gasteiger partial charge in [-0.05, 0) is 28.9 Å². The van der Waals surface area contributed by atoms with E-state index in [4.69, 9.17) is 0 Å². The summed E-state index contributed by atoms with van der Waals surface area (Å²) in [4.78, 5) is 4.23. The second kappa shape index (κ2) is 4.70. The van der Waals surface area contributed by atoms with Crippen molar-refractivity contribution in [1.29, 1.82) is 0 Å². The average molecular weight is 297 g/mol. The Morgan fingerprint density at radius 2 is 1.85 bits per heavy atom. The summed E-state index contributed by atoms with van der Waals surface area (Å²) in [6.45, 7) is 9.16. The van der Waals surface area contributed by atoms with Crippen LogP contribution in [0.1, 0.15) is 27.7 Å². The molecule has 0 bridgehead atoms. The molecule has 1 heterocycles. The Labute approximate surface area is 121 Å². The molecule has 2 rings (SSSR count). The van der Waals surface area contributed by atoms with Gasteiger partial charge in [0.25, 0.3) is 0 Å². The highest BCUT2D eigenvalue weighted by Gasteiger charge is 2.64. The topological polar surface area (TPSA) is 71.1 Å². The van der Waals surface area contributed by atoms with Crippen LogP contribution in [0.25, 0.3) is 0 Å². The molecule has 0 aliphatic heterocycles. The summed E-state index contributed by atoms with van der Waals surface area (Å²) in [7, 11) is -1.87. The lowest BCUT2D eigenvalue weighted by Gasteiger charge is -2.10. The minimum absolute atomic E-state index is 0.163. The lowest BCUT2D eigenvalue weighted by Crippen LogP contribution is -2.28. The van der Waals surface area contributed by atoms with Crippen molar-refractivity contribution >= 4 is 15.8 Å². The molecule has 20 heavy (non-hydrogen) atoms. The molecule has 1 aliphatic carbocycles. The third-order valence-corrected chi connectivity index (χ3v) is 6.55. The molecule has 1 fully saturated rings. The molecule has 0 saturated heterocycles. The maximum atomic E-state index is 12.4. The Kier molecular flexibility index (Phi) is 3.59. The first kappa shape index (κ1) is 15.3. The van der Waals surface area contributed by atoms with E-state index in [1.54, 1.807) is 25.4 Å². The molecule has 1 aromatic heterocycles. The van der Waals surface area contributed by atoms with Crippen molar-refractivity contribution in [3.63, 3.8) is 0 Å². The first-order chi connectivity index (χ1) is 9.14. The van der Waals surface area contributed by atoms with Crippen LogP contribution >= 0.6 is 0 Å². The van der Waals surface area contributed by atoms with Gasteiger partial charge < -0.3 is 5.32 Å². The number of aromatic nitrogens is 1. The molecular weight excluding hydrogens is 274 g/mol. The number of nitrogens with zero attached hydrogens (tertiary/aromatic N) is 1. The molecule has 0 aromatic carbocycles. The second-order valence-electron chi connectivity index (χ2n) is 6.45. The third-order valence-electron chi connectivity index (χ3n) is 5.09. The zero-order chi connectivity index (χ0) is 15.2. The van der Waals surface area contributed by atoms with Crippen LogP contribution in [0.4, 0.5) is 5.82 Å². The molecule has 1 aliphatic rings. The monoisotopic (exact) mass is 297 g/mol. The van der Waals surface area contributed by atoms with Crippen LogP contribution in [-0.2, 0) is 10.0 Å². The Morgan fingerprint density at radius 3 is 2.35 bits per heavy atom. The van der Waals surface area contributed by atoms with Crippen LogP contribution in [0.3, 0.4) is 0 Å². The Balaban J connectivity index is 2.14. The molecule has 1 saturated carbocycles. The number of rotatable bonds is 5. The molecule has 0 radical (unpaired) electrons. The predicted octanol–water partition coefficient (Wildman–Crippen LogP) is 2.08. The standard InChI is InChI=1S/C14H23N3O2S/c1-13(2)11(14(13,3)4)9-17-20(18,19)10-7-6-8-16-12(10)15-5/h6-8,11,17H,9H2,1-5H3,(H,15,16). The van der Waals surface area contributed by atoms with Crippen LogP contribution in [-0.4, -0.2) is 27.0 Å². The molecule has 6 heteroatoms. The number of anilines is 1. The maximum Gasteiger partial charge on any atom is 0.244 e. The van der Waals surface area contributed by atoms with Crippen LogP contribution in [0.2, 0.25) is 0 Å². The van der Waals surface area contributed by atoms with E-state index in [0.29, 0.717) is 18.3 Å². The van der Waals surface area contributed by atoms with E-state index in [9.17, 15) is 8.42 Å². The average Bonchev–Trinajstić information content (AvgIpc) is 2.77. The van der Waals surface area contributed by atoms with Crippen LogP contribution < -0.4 is 10.0 Å². The second-order valence-corrected chi connectivity index (χ2v) is 8.18. The van der Waals surface area contributed by atoms with E-state index >= 15 is 0 Å². The van der Waals surface area contributed by atoms with Gasteiger partial charge in [0.2, 0.25) is 10.0 Å². The van der Waals surface area contributed by atoms with Crippen molar-refractivity contribution in [1.82, 2.24) is 9.71 Å². The molecule has 0 unspecified atom stereocenters. The Hall–Kier alpha value is -1.14. The van der Waals surface area contributed by atoms with Crippen LogP contribution in [0, 0.1) is 16.7 Å². The summed E-state index contributed by atoms with van der Waals surface area (Å²) < 4.78 is 27.5. The van der Waals surface area contributed by atoms with Gasteiger partial charge in [0.05, 0.1) is 0 Å². The van der Waals surface area contributed by atoms with E-state index in [1.165, 1.54) is 0 Å². The molecule has 5 nitrogen and oxygen atoms in total. The third kappa shape index (κ3) is 2.31. The van der Waals surface area contributed by atoms with Gasteiger partial charge in [-0.1, -0.05) is 27.7 Å². The smallest absolute Gasteiger partial charge is 0.244 e. The zero-order valence-corrected chi connectivity index (χ0v) is 13.5. The van der Waals surface area contributed by atoms with E-state index < -0.39 is 10.0 Å². The van der Waals surface area contributed by atoms with Gasteiger partial charge in [-0.3, -0.25) is 0 Å². The molecule has 112 valence electrons. The normalized spacial score (nSPS) is 20.6. The van der Waals surface area contributed by atoms with Gasteiger partial charge in [0, 0.05) is 19.8 Å². The first-order valence-electron chi connectivity index (χ1n) is 6.77. The van der Waals surface area contributed by atoms with Crippen molar-refractivity contribution in [3.05, 3.63) is 18.3 Å². The summed E-state index contributed by atoms with van der Waals surface area (Å²) in [6.07, 6.45) is 1.57. The van der Waals surface area contributed by atoms with E-state index in [-0.39, 0.29) is 15.7 Å². The van der Waals surface area contributed by atoms with Crippen molar-refractivity contribution in [2.75, 3.05) is 18.9 Å². The minimum atomic E-state index is -3.53. The van der Waals surface area contributed by atoms with Gasteiger partial charge in [-0.2, -0.15) is 0 Å². The number of hydrogen-bond acceptors (Lipinski definition) is 4. The highest BCUT2D eigenvalue weighted by atomic mass is 32.2. The van der Waals surface area contributed by atoms with Gasteiger partial charge >= 0.3 is 0 Å². The molecular formula is C14H23N3O2S.